The number of allylic oxidation sites excluding steroid dienone is 1. The maximum atomic E-state index is 12.7. The van der Waals surface area contributed by atoms with Crippen molar-refractivity contribution < 1.29 is 4.74 Å². The number of hydrogen-bond donors (Lipinski definition) is 0. The summed E-state index contributed by atoms with van der Waals surface area (Å²) in [6.07, 6.45) is 5.66. The molecule has 0 saturated heterocycles. The molecule has 0 radical (unpaired) electrons. The van der Waals surface area contributed by atoms with E-state index < -0.39 is 5.56 Å². The van der Waals surface area contributed by atoms with E-state index >= 15 is 0 Å². The van der Waals surface area contributed by atoms with Crippen LogP contribution in [0.15, 0.2) is 64.2 Å². The summed E-state index contributed by atoms with van der Waals surface area (Å²) in [5, 5.41) is 4.28. The molecule has 2 aromatic carbocycles. The molecule has 0 aliphatic heterocycles. The Morgan fingerprint density at radius 1 is 1.10 bits per heavy atom. The first kappa shape index (κ1) is 19.7. The van der Waals surface area contributed by atoms with E-state index in [9.17, 15) is 9.59 Å². The second-order valence-electron chi connectivity index (χ2n) is 6.76. The number of methoxy groups -OCH3 is 1. The van der Waals surface area contributed by atoms with Crippen LogP contribution in [-0.4, -0.2) is 21.7 Å². The van der Waals surface area contributed by atoms with Crippen LogP contribution in [0.4, 0.5) is 0 Å². The van der Waals surface area contributed by atoms with Gasteiger partial charge in [-0.25, -0.2) is 0 Å². The van der Waals surface area contributed by atoms with E-state index in [2.05, 4.69) is 10.1 Å². The van der Waals surface area contributed by atoms with Crippen molar-refractivity contribution in [3.63, 3.8) is 0 Å². The normalized spacial score (nSPS) is 12.1. The molecule has 0 bridgehead atoms. The quantitative estimate of drug-likeness (QED) is 0.499. The zero-order chi connectivity index (χ0) is 21.1. The molecule has 0 spiro atoms. The van der Waals surface area contributed by atoms with Gasteiger partial charge in [0.2, 0.25) is 4.96 Å². The van der Waals surface area contributed by atoms with Gasteiger partial charge in [-0.2, -0.15) is 14.6 Å². The third kappa shape index (κ3) is 4.06. The highest BCUT2D eigenvalue weighted by Crippen LogP contribution is 2.18. The fourth-order valence-electron chi connectivity index (χ4n) is 3.01. The number of para-hydroxylation sites is 1. The Bertz CT molecular complexity index is 1400. The van der Waals surface area contributed by atoms with Gasteiger partial charge in [-0.3, -0.25) is 9.59 Å². The van der Waals surface area contributed by atoms with Crippen LogP contribution in [0.3, 0.4) is 0 Å². The molecule has 4 aromatic rings. The number of nitrogens with zero attached hydrogens (tertiary/aromatic N) is 3. The van der Waals surface area contributed by atoms with Crippen LogP contribution in [-0.2, 0) is 6.42 Å². The highest BCUT2D eigenvalue weighted by atomic mass is 32.1. The Morgan fingerprint density at radius 3 is 2.63 bits per heavy atom. The van der Waals surface area contributed by atoms with Crippen molar-refractivity contribution in [1.29, 1.82) is 0 Å². The smallest absolute Gasteiger partial charge is 0.296 e. The first-order valence-corrected chi connectivity index (χ1v) is 10.2. The van der Waals surface area contributed by atoms with Gasteiger partial charge in [-0.15, -0.1) is 0 Å². The molecule has 30 heavy (non-hydrogen) atoms. The third-order valence-electron chi connectivity index (χ3n) is 4.60. The number of benzene rings is 2. The molecular weight excluding hydrogens is 398 g/mol. The minimum absolute atomic E-state index is 0.252. The van der Waals surface area contributed by atoms with Crippen LogP contribution in [0.2, 0.25) is 0 Å². The van der Waals surface area contributed by atoms with Gasteiger partial charge >= 0.3 is 0 Å². The number of rotatable bonds is 5. The highest BCUT2D eigenvalue weighted by Gasteiger charge is 2.11. The van der Waals surface area contributed by atoms with Gasteiger partial charge in [0, 0.05) is 12.0 Å². The number of aryl methyl sites for hydroxylation is 1. The molecule has 150 valence electrons. The van der Waals surface area contributed by atoms with E-state index in [1.807, 2.05) is 61.5 Å². The Morgan fingerprint density at radius 2 is 1.87 bits per heavy atom. The molecule has 0 aliphatic carbocycles. The van der Waals surface area contributed by atoms with E-state index in [0.29, 0.717) is 11.0 Å². The summed E-state index contributed by atoms with van der Waals surface area (Å²) < 4.78 is 6.98. The van der Waals surface area contributed by atoms with Gasteiger partial charge in [0.1, 0.15) is 11.4 Å². The molecule has 2 aromatic heterocycles. The van der Waals surface area contributed by atoms with Gasteiger partial charge in [0.25, 0.3) is 11.1 Å². The van der Waals surface area contributed by atoms with Gasteiger partial charge in [-0.1, -0.05) is 71.5 Å². The summed E-state index contributed by atoms with van der Waals surface area (Å²) in [7, 11) is 1.61. The second-order valence-corrected chi connectivity index (χ2v) is 7.77. The zero-order valence-electron chi connectivity index (χ0n) is 16.5. The molecule has 6 nitrogen and oxygen atoms in total. The summed E-state index contributed by atoms with van der Waals surface area (Å²) in [5.74, 6) is 0.746. The summed E-state index contributed by atoms with van der Waals surface area (Å²) >= 11 is 1.14. The molecule has 0 unspecified atom stereocenters. The van der Waals surface area contributed by atoms with E-state index in [1.165, 1.54) is 4.52 Å². The van der Waals surface area contributed by atoms with Crippen molar-refractivity contribution in [1.82, 2.24) is 14.6 Å². The van der Waals surface area contributed by atoms with Crippen molar-refractivity contribution >= 4 is 28.4 Å². The Hall–Kier alpha value is -3.58. The van der Waals surface area contributed by atoms with Crippen molar-refractivity contribution in [2.75, 3.05) is 7.11 Å². The lowest BCUT2D eigenvalue weighted by molar-refractivity contribution is 0.414. The van der Waals surface area contributed by atoms with E-state index in [-0.39, 0.29) is 16.2 Å². The average Bonchev–Trinajstić information content (AvgIpc) is 3.05. The van der Waals surface area contributed by atoms with Crippen molar-refractivity contribution in [2.24, 2.45) is 0 Å². The van der Waals surface area contributed by atoms with Crippen LogP contribution in [0.25, 0.3) is 17.1 Å². The lowest BCUT2D eigenvalue weighted by Gasteiger charge is -2.02. The Kier molecular flexibility index (Phi) is 5.54. The predicted octanol–water partition coefficient (Wildman–Crippen LogP) is 2.63. The SMILES string of the molecule is COc1ccccc1/C=C/C=c1/sc2nc(=O)c(Cc3ccc(C)cc3)nn2c1=O. The van der Waals surface area contributed by atoms with Gasteiger partial charge < -0.3 is 4.74 Å². The number of aromatic nitrogens is 3. The highest BCUT2D eigenvalue weighted by molar-refractivity contribution is 7.15. The fraction of sp³-hybridized carbons (Fsp3) is 0.130. The maximum absolute atomic E-state index is 12.7. The number of fused-ring (bicyclic) bond motifs is 1. The minimum atomic E-state index is -0.409. The average molecular weight is 417 g/mol. The number of ether oxygens (including phenoxy) is 1. The molecule has 0 aliphatic rings. The molecule has 7 heteroatoms. The number of hydrogen-bond acceptors (Lipinski definition) is 6. The molecule has 2 heterocycles. The lowest BCUT2D eigenvalue weighted by atomic mass is 10.1. The van der Waals surface area contributed by atoms with Crippen molar-refractivity contribution in [3.8, 4) is 5.75 Å². The van der Waals surface area contributed by atoms with Gasteiger partial charge in [-0.05, 0) is 24.6 Å². The van der Waals surface area contributed by atoms with Crippen LogP contribution in [0, 0.1) is 6.92 Å². The van der Waals surface area contributed by atoms with Crippen molar-refractivity contribution in [2.45, 2.75) is 13.3 Å². The third-order valence-corrected chi connectivity index (χ3v) is 5.58. The summed E-state index contributed by atoms with van der Waals surface area (Å²) in [5.41, 5.74) is 2.53. The monoisotopic (exact) mass is 417 g/mol. The first-order valence-electron chi connectivity index (χ1n) is 9.35. The standard InChI is InChI=1S/C23H19N3O3S/c1-15-10-12-16(13-11-15)14-18-21(27)24-23-26(25-18)22(28)20(30-23)9-5-7-17-6-3-4-8-19(17)29-2/h3-13H,14H2,1-2H3/b7-5+,20-9+. The van der Waals surface area contributed by atoms with Crippen LogP contribution in [0.1, 0.15) is 22.4 Å². The van der Waals surface area contributed by atoms with Gasteiger partial charge in [0.15, 0.2) is 0 Å². The predicted molar refractivity (Wildman–Crippen MR) is 119 cm³/mol. The van der Waals surface area contributed by atoms with Crippen LogP contribution >= 0.6 is 11.3 Å². The van der Waals surface area contributed by atoms with Crippen LogP contribution < -0.4 is 20.4 Å². The molecule has 4 rings (SSSR count). The van der Waals surface area contributed by atoms with E-state index in [4.69, 9.17) is 4.74 Å². The fourth-order valence-corrected chi connectivity index (χ4v) is 3.86. The Labute approximate surface area is 176 Å². The van der Waals surface area contributed by atoms with Crippen LogP contribution in [0.5, 0.6) is 5.75 Å². The molecule has 0 N–H and O–H groups in total. The molecular formula is C23H19N3O3S. The summed E-state index contributed by atoms with van der Waals surface area (Å²) in [4.78, 5) is 29.5. The Balaban J connectivity index is 1.69. The largest absolute Gasteiger partial charge is 0.496 e. The maximum Gasteiger partial charge on any atom is 0.296 e. The van der Waals surface area contributed by atoms with Crippen molar-refractivity contribution in [3.05, 3.63) is 102 Å². The molecule has 0 fully saturated rings. The first-order chi connectivity index (χ1) is 14.5. The van der Waals surface area contributed by atoms with E-state index in [1.54, 1.807) is 19.3 Å². The van der Waals surface area contributed by atoms with Gasteiger partial charge in [0.05, 0.1) is 11.6 Å². The minimum Gasteiger partial charge on any atom is -0.496 e. The topological polar surface area (TPSA) is 73.6 Å². The zero-order valence-corrected chi connectivity index (χ0v) is 17.3. The lowest BCUT2D eigenvalue weighted by Crippen LogP contribution is -2.27. The summed E-state index contributed by atoms with van der Waals surface area (Å²) in [6.45, 7) is 2.00. The summed E-state index contributed by atoms with van der Waals surface area (Å²) in [6, 6.07) is 15.4. The number of thiazole rings is 1. The molecule has 0 atom stereocenters. The molecule has 0 amide bonds. The second kappa shape index (κ2) is 8.42. The van der Waals surface area contributed by atoms with E-state index in [0.717, 1.165) is 33.8 Å². The molecule has 0 saturated carbocycles.